The summed E-state index contributed by atoms with van der Waals surface area (Å²) >= 11 is 5.29. The second kappa shape index (κ2) is 5.61. The molecule has 110 valence electrons. The molecule has 0 aliphatic heterocycles. The minimum absolute atomic E-state index is 0.230. The number of anilines is 1. The van der Waals surface area contributed by atoms with Crippen molar-refractivity contribution in [3.8, 4) is 0 Å². The average Bonchev–Trinajstić information content (AvgIpc) is 2.46. The fourth-order valence-corrected chi connectivity index (χ4v) is 2.32. The summed E-state index contributed by atoms with van der Waals surface area (Å²) in [7, 11) is 0. The van der Waals surface area contributed by atoms with Crippen LogP contribution in [0.15, 0.2) is 35.1 Å². The quantitative estimate of drug-likeness (QED) is 0.705. The molecular weight excluding hydrogens is 298 g/mol. The monoisotopic (exact) mass is 311 g/mol. The van der Waals surface area contributed by atoms with Gasteiger partial charge in [0, 0.05) is 11.4 Å². The number of aromatic nitrogens is 4. The lowest BCUT2D eigenvalue weighted by Crippen LogP contribution is -2.21. The van der Waals surface area contributed by atoms with Crippen LogP contribution < -0.4 is 10.9 Å². The van der Waals surface area contributed by atoms with E-state index in [2.05, 4.69) is 25.3 Å². The number of thiocarbonyl (C=S) groups is 1. The zero-order valence-corrected chi connectivity index (χ0v) is 12.9. The van der Waals surface area contributed by atoms with Crippen LogP contribution in [0.1, 0.15) is 17.2 Å². The Morgan fingerprint density at radius 3 is 2.55 bits per heavy atom. The third-order valence-corrected chi connectivity index (χ3v) is 3.33. The Balaban J connectivity index is 1.97. The Morgan fingerprint density at radius 1 is 1.14 bits per heavy atom. The molecule has 0 saturated heterocycles. The van der Waals surface area contributed by atoms with Crippen LogP contribution in [-0.4, -0.2) is 24.9 Å². The normalized spacial score (nSPS) is 10.6. The number of hydrogen-bond acceptors (Lipinski definition) is 5. The van der Waals surface area contributed by atoms with Crippen LogP contribution >= 0.6 is 12.2 Å². The molecule has 0 aliphatic rings. The molecule has 0 saturated carbocycles. The second-order valence-electron chi connectivity index (χ2n) is 4.86. The Labute approximate surface area is 131 Å². The summed E-state index contributed by atoms with van der Waals surface area (Å²) in [4.78, 5) is 27.9. The molecule has 2 aromatic heterocycles. The summed E-state index contributed by atoms with van der Waals surface area (Å²) < 4.78 is 0. The molecule has 0 bridgehead atoms. The zero-order valence-electron chi connectivity index (χ0n) is 12.0. The van der Waals surface area contributed by atoms with E-state index in [1.54, 1.807) is 18.2 Å². The molecule has 1 aromatic carbocycles. The van der Waals surface area contributed by atoms with Crippen LogP contribution in [0.4, 0.5) is 5.95 Å². The third-order valence-electron chi connectivity index (χ3n) is 3.04. The molecule has 0 amide bonds. The van der Waals surface area contributed by atoms with E-state index in [-0.39, 0.29) is 10.5 Å². The van der Waals surface area contributed by atoms with E-state index in [1.165, 1.54) is 0 Å². The topological polar surface area (TPSA) is 83.6 Å². The van der Waals surface area contributed by atoms with Gasteiger partial charge in [0.15, 0.2) is 5.82 Å². The van der Waals surface area contributed by atoms with Crippen molar-refractivity contribution in [1.29, 1.82) is 0 Å². The second-order valence-corrected chi connectivity index (χ2v) is 5.27. The fourth-order valence-electron chi connectivity index (χ4n) is 2.14. The first kappa shape index (κ1) is 14.3. The van der Waals surface area contributed by atoms with Crippen molar-refractivity contribution in [1.82, 2.24) is 19.9 Å². The van der Waals surface area contributed by atoms with Crippen molar-refractivity contribution in [2.45, 2.75) is 13.8 Å². The maximum Gasteiger partial charge on any atom is 0.259 e. The van der Waals surface area contributed by atoms with Crippen LogP contribution in [-0.2, 0) is 0 Å². The molecule has 0 unspecified atom stereocenters. The number of aryl methyl sites for hydroxylation is 2. The summed E-state index contributed by atoms with van der Waals surface area (Å²) in [6, 6.07) is 8.96. The molecule has 3 aromatic rings. The lowest BCUT2D eigenvalue weighted by Gasteiger charge is -2.08. The van der Waals surface area contributed by atoms with E-state index >= 15 is 0 Å². The van der Waals surface area contributed by atoms with E-state index in [1.807, 2.05) is 26.0 Å². The SMILES string of the molecule is Cc1cc(C)nc(NC(=S)c2nc3ccccc3c(=O)[nH]2)n1. The van der Waals surface area contributed by atoms with Crippen LogP contribution in [0.25, 0.3) is 10.9 Å². The highest BCUT2D eigenvalue weighted by molar-refractivity contribution is 7.81. The highest BCUT2D eigenvalue weighted by atomic mass is 32.1. The van der Waals surface area contributed by atoms with E-state index in [4.69, 9.17) is 12.2 Å². The summed E-state index contributed by atoms with van der Waals surface area (Å²) in [5.74, 6) is 0.680. The molecule has 0 atom stereocenters. The van der Waals surface area contributed by atoms with E-state index in [9.17, 15) is 4.79 Å². The highest BCUT2D eigenvalue weighted by Gasteiger charge is 2.10. The van der Waals surface area contributed by atoms with Crippen LogP contribution in [0.5, 0.6) is 0 Å². The minimum Gasteiger partial charge on any atom is -0.312 e. The van der Waals surface area contributed by atoms with E-state index < -0.39 is 0 Å². The molecular formula is C15H13N5OS. The van der Waals surface area contributed by atoms with Gasteiger partial charge in [-0.1, -0.05) is 24.4 Å². The Bertz CT molecular complexity index is 914. The summed E-state index contributed by atoms with van der Waals surface area (Å²) in [5.41, 5.74) is 2.02. The van der Waals surface area contributed by atoms with Gasteiger partial charge in [0.1, 0.15) is 4.99 Å². The largest absolute Gasteiger partial charge is 0.312 e. The van der Waals surface area contributed by atoms with Gasteiger partial charge < -0.3 is 10.3 Å². The summed E-state index contributed by atoms with van der Waals surface area (Å²) in [5, 5.41) is 3.43. The molecule has 2 heterocycles. The van der Waals surface area contributed by atoms with Gasteiger partial charge in [-0.25, -0.2) is 15.0 Å². The Morgan fingerprint density at radius 2 is 1.82 bits per heavy atom. The molecule has 2 N–H and O–H groups in total. The number of H-pyrrole nitrogens is 1. The number of fused-ring (bicyclic) bond motifs is 1. The molecule has 0 radical (unpaired) electrons. The molecule has 6 nitrogen and oxygen atoms in total. The highest BCUT2D eigenvalue weighted by Crippen LogP contribution is 2.08. The molecule has 0 spiro atoms. The lowest BCUT2D eigenvalue weighted by molar-refractivity contribution is 1.06. The average molecular weight is 311 g/mol. The van der Waals surface area contributed by atoms with Gasteiger partial charge in [-0.3, -0.25) is 4.79 Å². The van der Waals surface area contributed by atoms with Crippen molar-refractivity contribution in [2.75, 3.05) is 5.32 Å². The van der Waals surface area contributed by atoms with Crippen molar-refractivity contribution in [2.24, 2.45) is 0 Å². The van der Waals surface area contributed by atoms with Gasteiger partial charge in [-0.15, -0.1) is 0 Å². The predicted molar refractivity (Wildman–Crippen MR) is 89.2 cm³/mol. The lowest BCUT2D eigenvalue weighted by atomic mass is 10.2. The molecule has 0 aliphatic carbocycles. The first-order chi connectivity index (χ1) is 10.5. The Hall–Kier alpha value is -2.67. The van der Waals surface area contributed by atoms with Crippen molar-refractivity contribution >= 4 is 34.1 Å². The standard InChI is InChI=1S/C15H13N5OS/c1-8-7-9(2)17-15(16-8)20-14(22)12-18-11-6-4-3-5-10(11)13(21)19-12/h3-7H,1-2H3,(H,18,19,21)(H,16,17,20,22). The maximum absolute atomic E-state index is 12.1. The first-order valence-corrected chi connectivity index (χ1v) is 7.06. The smallest absolute Gasteiger partial charge is 0.259 e. The molecule has 7 heteroatoms. The third kappa shape index (κ3) is 2.84. The number of hydrogen-bond donors (Lipinski definition) is 2. The number of nitrogens with zero attached hydrogens (tertiary/aromatic N) is 3. The number of benzene rings is 1. The van der Waals surface area contributed by atoms with E-state index in [0.717, 1.165) is 11.4 Å². The number of rotatable bonds is 2. The van der Waals surface area contributed by atoms with Gasteiger partial charge in [-0.2, -0.15) is 0 Å². The van der Waals surface area contributed by atoms with Crippen molar-refractivity contribution in [3.63, 3.8) is 0 Å². The predicted octanol–water partition coefficient (Wildman–Crippen LogP) is 2.12. The number of para-hydroxylation sites is 1. The molecule has 22 heavy (non-hydrogen) atoms. The van der Waals surface area contributed by atoms with Crippen LogP contribution in [0.2, 0.25) is 0 Å². The summed E-state index contributed by atoms with van der Waals surface area (Å²) in [6.45, 7) is 3.75. The minimum atomic E-state index is -0.230. The molecule has 3 rings (SSSR count). The fraction of sp³-hybridized carbons (Fsp3) is 0.133. The van der Waals surface area contributed by atoms with Crippen molar-refractivity contribution < 1.29 is 0 Å². The number of aromatic amines is 1. The first-order valence-electron chi connectivity index (χ1n) is 6.65. The van der Waals surface area contributed by atoms with E-state index in [0.29, 0.717) is 22.7 Å². The van der Waals surface area contributed by atoms with Gasteiger partial charge in [-0.05, 0) is 32.0 Å². The van der Waals surface area contributed by atoms with Crippen LogP contribution in [0.3, 0.4) is 0 Å². The van der Waals surface area contributed by atoms with Crippen LogP contribution in [0, 0.1) is 13.8 Å². The Kier molecular flexibility index (Phi) is 3.64. The van der Waals surface area contributed by atoms with Gasteiger partial charge in [0.05, 0.1) is 10.9 Å². The number of nitrogens with one attached hydrogen (secondary N) is 2. The van der Waals surface area contributed by atoms with Gasteiger partial charge in [0.25, 0.3) is 5.56 Å². The van der Waals surface area contributed by atoms with Crippen molar-refractivity contribution in [3.05, 3.63) is 57.9 Å². The van der Waals surface area contributed by atoms with Gasteiger partial charge >= 0.3 is 0 Å². The van der Waals surface area contributed by atoms with Gasteiger partial charge in [0.2, 0.25) is 5.95 Å². The summed E-state index contributed by atoms with van der Waals surface area (Å²) in [6.07, 6.45) is 0. The zero-order chi connectivity index (χ0) is 15.7. The maximum atomic E-state index is 12.1. The molecule has 0 fully saturated rings.